The Kier molecular flexibility index (Phi) is 7.10. The number of nitrogens with one attached hydrogen (secondary N) is 1. The van der Waals surface area contributed by atoms with E-state index in [1.54, 1.807) is 29.7 Å². The molecule has 4 aromatic rings. The van der Waals surface area contributed by atoms with Crippen molar-refractivity contribution in [1.29, 1.82) is 0 Å². The Morgan fingerprint density at radius 3 is 2.74 bits per heavy atom. The molecule has 0 bridgehead atoms. The van der Waals surface area contributed by atoms with Crippen LogP contribution < -0.4 is 5.32 Å². The topological polar surface area (TPSA) is 117 Å². The van der Waals surface area contributed by atoms with Gasteiger partial charge >= 0.3 is 0 Å². The van der Waals surface area contributed by atoms with Gasteiger partial charge in [-0.3, -0.25) is 19.4 Å². The van der Waals surface area contributed by atoms with Crippen LogP contribution in [0.15, 0.2) is 59.6 Å². The molecular formula is C26H24N4O5S4. The molecule has 2 aliphatic heterocycles. The number of carbonyl (C=O) groups excluding carboxylic acids is 3. The molecule has 2 amide bonds. The zero-order chi connectivity index (χ0) is 27.1. The summed E-state index contributed by atoms with van der Waals surface area (Å²) in [4.78, 5) is 47.1. The van der Waals surface area contributed by atoms with E-state index in [0.29, 0.717) is 16.9 Å². The standard InChI is InChI=1S/C26H24N4O5S4/c31-20-14-30(39(34,35)15-16-3-1-7-27-13-16)19-5-8-29(24(19)20)26(33)18(11-17-4-2-9-36-17)28-25(32)23-12-22-21(38-23)6-10-37-22/h1-4,6-7,9-10,12-13,18-19,24H,5,8,11,14-15H2,(H,28,32). The van der Waals surface area contributed by atoms with E-state index in [4.69, 9.17) is 0 Å². The average molecular weight is 601 g/mol. The molecule has 39 heavy (non-hydrogen) atoms. The Morgan fingerprint density at radius 2 is 2.00 bits per heavy atom. The van der Waals surface area contributed by atoms with Gasteiger partial charge in [0.2, 0.25) is 15.9 Å². The van der Waals surface area contributed by atoms with Crippen LogP contribution in [0.5, 0.6) is 0 Å². The lowest BCUT2D eigenvalue weighted by atomic mass is 10.1. The Labute approximate surface area is 237 Å². The summed E-state index contributed by atoms with van der Waals surface area (Å²) in [5.74, 6) is -1.28. The zero-order valence-corrected chi connectivity index (χ0v) is 23.8. The predicted molar refractivity (Wildman–Crippen MR) is 151 cm³/mol. The molecule has 3 atom stereocenters. The molecule has 0 radical (unpaired) electrons. The highest BCUT2D eigenvalue weighted by Crippen LogP contribution is 2.34. The van der Waals surface area contributed by atoms with Gasteiger partial charge in [-0.1, -0.05) is 12.1 Å². The maximum atomic E-state index is 13.9. The minimum absolute atomic E-state index is 0.240. The molecule has 9 nitrogen and oxygen atoms in total. The molecule has 13 heteroatoms. The summed E-state index contributed by atoms with van der Waals surface area (Å²) < 4.78 is 29.8. The predicted octanol–water partition coefficient (Wildman–Crippen LogP) is 3.14. The molecule has 1 N–H and O–H groups in total. The van der Waals surface area contributed by atoms with Crippen molar-refractivity contribution in [2.45, 2.75) is 36.7 Å². The van der Waals surface area contributed by atoms with Crippen molar-refractivity contribution in [3.05, 3.63) is 74.9 Å². The van der Waals surface area contributed by atoms with Crippen LogP contribution in [0.25, 0.3) is 9.40 Å². The van der Waals surface area contributed by atoms with Crippen molar-refractivity contribution in [3.8, 4) is 0 Å². The van der Waals surface area contributed by atoms with E-state index in [2.05, 4.69) is 10.3 Å². The molecule has 0 saturated carbocycles. The molecule has 202 valence electrons. The smallest absolute Gasteiger partial charge is 0.262 e. The van der Waals surface area contributed by atoms with Gasteiger partial charge in [0.15, 0.2) is 5.78 Å². The number of ketones is 1. The Bertz CT molecular complexity index is 1600. The third-order valence-electron chi connectivity index (χ3n) is 7.04. The quantitative estimate of drug-likeness (QED) is 0.332. The molecule has 3 unspecified atom stereocenters. The Morgan fingerprint density at radius 1 is 1.13 bits per heavy atom. The summed E-state index contributed by atoms with van der Waals surface area (Å²) in [6.07, 6.45) is 3.70. The van der Waals surface area contributed by atoms with Crippen LogP contribution in [0, 0.1) is 0 Å². The van der Waals surface area contributed by atoms with Crippen LogP contribution in [0.2, 0.25) is 0 Å². The lowest BCUT2D eigenvalue weighted by molar-refractivity contribution is -0.138. The average Bonchev–Trinajstić information content (AvgIpc) is 3.71. The first-order chi connectivity index (χ1) is 18.8. The summed E-state index contributed by atoms with van der Waals surface area (Å²) in [7, 11) is -3.80. The third kappa shape index (κ3) is 5.16. The van der Waals surface area contributed by atoms with Gasteiger partial charge < -0.3 is 10.2 Å². The van der Waals surface area contributed by atoms with Gasteiger partial charge in [0, 0.05) is 39.6 Å². The number of hydrogen-bond donors (Lipinski definition) is 1. The molecule has 2 aliphatic rings. The number of nitrogens with zero attached hydrogens (tertiary/aromatic N) is 3. The van der Waals surface area contributed by atoms with Gasteiger partial charge in [0.05, 0.1) is 23.2 Å². The highest BCUT2D eigenvalue weighted by Gasteiger charge is 2.54. The van der Waals surface area contributed by atoms with Crippen molar-refractivity contribution >= 4 is 71.0 Å². The van der Waals surface area contributed by atoms with Crippen molar-refractivity contribution in [2.75, 3.05) is 13.1 Å². The fourth-order valence-corrected chi connectivity index (χ4v) is 9.78. The number of pyridine rings is 1. The largest absolute Gasteiger partial charge is 0.339 e. The number of fused-ring (bicyclic) bond motifs is 2. The van der Waals surface area contributed by atoms with Crippen LogP contribution >= 0.6 is 34.0 Å². The van der Waals surface area contributed by atoms with Gasteiger partial charge in [0.25, 0.3) is 5.91 Å². The molecule has 6 heterocycles. The fourth-order valence-electron chi connectivity index (χ4n) is 5.30. The van der Waals surface area contributed by atoms with Gasteiger partial charge in [-0.2, -0.15) is 4.31 Å². The minimum Gasteiger partial charge on any atom is -0.339 e. The highest BCUT2D eigenvalue weighted by atomic mass is 32.2. The minimum atomic E-state index is -3.80. The van der Waals surface area contributed by atoms with Crippen molar-refractivity contribution in [2.24, 2.45) is 0 Å². The SMILES string of the molecule is O=C(NC(Cc1cccs1)C(=O)N1CCC2C1C(=O)CN2S(=O)(=O)Cc1cccnc1)c1cc2sccc2s1. The van der Waals surface area contributed by atoms with Crippen LogP contribution in [0.4, 0.5) is 0 Å². The van der Waals surface area contributed by atoms with Gasteiger partial charge in [-0.25, -0.2) is 8.42 Å². The number of Topliss-reactive ketones (excluding diaryl/α,β-unsaturated/α-hetero) is 1. The summed E-state index contributed by atoms with van der Waals surface area (Å²) >= 11 is 4.41. The lowest BCUT2D eigenvalue weighted by Gasteiger charge is -2.28. The molecule has 6 rings (SSSR count). The second kappa shape index (κ2) is 10.5. The van der Waals surface area contributed by atoms with E-state index in [1.807, 2.05) is 35.0 Å². The van der Waals surface area contributed by atoms with E-state index >= 15 is 0 Å². The van der Waals surface area contributed by atoms with Gasteiger partial charge in [-0.15, -0.1) is 34.0 Å². The maximum Gasteiger partial charge on any atom is 0.262 e. The number of sulfonamides is 1. The number of likely N-dealkylation sites (tertiary alicyclic amines) is 1. The first kappa shape index (κ1) is 26.3. The summed E-state index contributed by atoms with van der Waals surface area (Å²) in [6, 6.07) is 8.54. The number of aromatic nitrogens is 1. The van der Waals surface area contributed by atoms with E-state index in [9.17, 15) is 22.8 Å². The summed E-state index contributed by atoms with van der Waals surface area (Å²) in [5, 5.41) is 6.78. The number of rotatable bonds is 8. The van der Waals surface area contributed by atoms with E-state index in [1.165, 1.54) is 38.1 Å². The number of carbonyl (C=O) groups is 3. The second-order valence-electron chi connectivity index (χ2n) is 9.53. The first-order valence-corrected chi connectivity index (χ1v) is 16.5. The molecule has 2 saturated heterocycles. The molecule has 0 spiro atoms. The number of amides is 2. The monoisotopic (exact) mass is 600 g/mol. The number of hydrogen-bond acceptors (Lipinski definition) is 9. The molecule has 4 aromatic heterocycles. The van der Waals surface area contributed by atoms with Crippen LogP contribution in [0.3, 0.4) is 0 Å². The molecule has 0 aliphatic carbocycles. The summed E-state index contributed by atoms with van der Waals surface area (Å²) in [6.45, 7) is -0.0278. The van der Waals surface area contributed by atoms with Crippen LogP contribution in [-0.2, 0) is 31.8 Å². The van der Waals surface area contributed by atoms with Crippen LogP contribution in [-0.4, -0.2) is 71.4 Å². The third-order valence-corrected chi connectivity index (χ3v) is 11.8. The molecule has 0 aromatic carbocycles. The lowest BCUT2D eigenvalue weighted by Crippen LogP contribution is -2.53. The van der Waals surface area contributed by atoms with Crippen LogP contribution in [0.1, 0.15) is 26.5 Å². The molecular weight excluding hydrogens is 577 g/mol. The van der Waals surface area contributed by atoms with Crippen molar-refractivity contribution in [3.63, 3.8) is 0 Å². The second-order valence-corrected chi connectivity index (χ2v) is 14.5. The number of thiophene rings is 3. The highest BCUT2D eigenvalue weighted by molar-refractivity contribution is 7.88. The van der Waals surface area contributed by atoms with Crippen molar-refractivity contribution in [1.82, 2.24) is 19.5 Å². The van der Waals surface area contributed by atoms with Crippen molar-refractivity contribution < 1.29 is 22.8 Å². The normalized spacial score (nSPS) is 20.4. The van der Waals surface area contributed by atoms with E-state index in [0.717, 1.165) is 14.3 Å². The van der Waals surface area contributed by atoms with Gasteiger partial charge in [0.1, 0.15) is 12.1 Å². The zero-order valence-electron chi connectivity index (χ0n) is 20.6. The Hall–Kier alpha value is -2.97. The fraction of sp³-hybridized carbons (Fsp3) is 0.308. The maximum absolute atomic E-state index is 13.9. The van der Waals surface area contributed by atoms with E-state index < -0.39 is 28.1 Å². The van der Waals surface area contributed by atoms with Gasteiger partial charge in [-0.05, 0) is 47.0 Å². The molecule has 2 fully saturated rings. The van der Waals surface area contributed by atoms with E-state index in [-0.39, 0.29) is 42.9 Å². The summed E-state index contributed by atoms with van der Waals surface area (Å²) in [5.41, 5.74) is 0.534. The first-order valence-electron chi connectivity index (χ1n) is 12.3. The Balaban J connectivity index is 1.22.